The van der Waals surface area contributed by atoms with E-state index in [2.05, 4.69) is 0 Å². The molecular formula is C14H12O3. The number of hydrogen-bond acceptors (Lipinski definition) is 3. The van der Waals surface area contributed by atoms with E-state index in [1.54, 1.807) is 25.3 Å². The molecule has 0 heterocycles. The minimum absolute atomic E-state index is 0.425. The highest BCUT2D eigenvalue weighted by Crippen LogP contribution is 2.24. The fourth-order valence-corrected chi connectivity index (χ4v) is 1.77. The van der Waals surface area contributed by atoms with Crippen LogP contribution in [0.25, 0.3) is 10.8 Å². The largest absolute Gasteiger partial charge is 0.497 e. The Morgan fingerprint density at radius 2 is 1.88 bits per heavy atom. The van der Waals surface area contributed by atoms with Gasteiger partial charge in [-0.1, -0.05) is 24.3 Å². The fourth-order valence-electron chi connectivity index (χ4n) is 1.77. The maximum Gasteiger partial charge on any atom is 0.228 e. The number of methoxy groups -OCH3 is 1. The van der Waals surface area contributed by atoms with Crippen molar-refractivity contribution in [2.45, 2.75) is 6.92 Å². The Balaban J connectivity index is 2.70. The molecule has 3 nitrogen and oxygen atoms in total. The Kier molecular flexibility index (Phi) is 2.91. The maximum atomic E-state index is 11.8. The molecule has 0 N–H and O–H groups in total. The smallest absolute Gasteiger partial charge is 0.228 e. The Morgan fingerprint density at radius 1 is 1.12 bits per heavy atom. The number of ketones is 2. The first-order chi connectivity index (χ1) is 8.13. The molecule has 86 valence electrons. The number of fused-ring (bicyclic) bond motifs is 1. The lowest BCUT2D eigenvalue weighted by Crippen LogP contribution is -2.10. The summed E-state index contributed by atoms with van der Waals surface area (Å²) in [6, 6.07) is 10.8. The van der Waals surface area contributed by atoms with Crippen molar-refractivity contribution in [1.82, 2.24) is 0 Å². The lowest BCUT2D eigenvalue weighted by Gasteiger charge is -2.06. The highest BCUT2D eigenvalue weighted by Gasteiger charge is 2.14. The van der Waals surface area contributed by atoms with Gasteiger partial charge in [-0.05, 0) is 22.9 Å². The molecule has 17 heavy (non-hydrogen) atoms. The molecule has 0 aliphatic carbocycles. The lowest BCUT2D eigenvalue weighted by atomic mass is 9.99. The van der Waals surface area contributed by atoms with Gasteiger partial charge in [0.1, 0.15) is 5.75 Å². The van der Waals surface area contributed by atoms with Crippen LogP contribution in [-0.4, -0.2) is 18.7 Å². The van der Waals surface area contributed by atoms with Crippen molar-refractivity contribution in [1.29, 1.82) is 0 Å². The molecule has 3 heteroatoms. The van der Waals surface area contributed by atoms with Crippen LogP contribution in [0.2, 0.25) is 0 Å². The Hall–Kier alpha value is -2.16. The molecule has 2 aromatic rings. The van der Waals surface area contributed by atoms with Gasteiger partial charge in [0, 0.05) is 12.5 Å². The SMILES string of the molecule is COc1ccc2cccc(C(=O)C(C)=O)c2c1. The summed E-state index contributed by atoms with van der Waals surface area (Å²) in [7, 11) is 1.57. The van der Waals surface area contributed by atoms with Crippen LogP contribution in [0.3, 0.4) is 0 Å². The standard InChI is InChI=1S/C14H12O3/c1-9(15)14(16)12-5-3-4-10-6-7-11(17-2)8-13(10)12/h3-8H,1-2H3. The van der Waals surface area contributed by atoms with Crippen LogP contribution in [-0.2, 0) is 4.79 Å². The summed E-state index contributed by atoms with van der Waals surface area (Å²) in [5.74, 6) is -0.259. The van der Waals surface area contributed by atoms with E-state index in [1.807, 2.05) is 18.2 Å². The first-order valence-corrected chi connectivity index (χ1v) is 5.25. The van der Waals surface area contributed by atoms with E-state index in [4.69, 9.17) is 4.74 Å². The molecular weight excluding hydrogens is 216 g/mol. The van der Waals surface area contributed by atoms with Crippen molar-refractivity contribution < 1.29 is 14.3 Å². The number of Topliss-reactive ketones (excluding diaryl/α,β-unsaturated/α-hetero) is 2. The molecule has 2 rings (SSSR count). The zero-order valence-corrected chi connectivity index (χ0v) is 9.69. The zero-order chi connectivity index (χ0) is 12.4. The molecule has 0 atom stereocenters. The third-order valence-electron chi connectivity index (χ3n) is 2.65. The van der Waals surface area contributed by atoms with Crippen LogP contribution >= 0.6 is 0 Å². The van der Waals surface area contributed by atoms with Gasteiger partial charge in [-0.15, -0.1) is 0 Å². The van der Waals surface area contributed by atoms with Crippen molar-refractivity contribution in [3.8, 4) is 5.75 Å². The third-order valence-corrected chi connectivity index (χ3v) is 2.65. The molecule has 0 saturated carbocycles. The quantitative estimate of drug-likeness (QED) is 0.599. The molecule has 0 aliphatic heterocycles. The van der Waals surface area contributed by atoms with E-state index in [0.717, 1.165) is 10.8 Å². The monoisotopic (exact) mass is 228 g/mol. The molecule has 0 saturated heterocycles. The summed E-state index contributed by atoms with van der Waals surface area (Å²) in [4.78, 5) is 22.9. The minimum atomic E-state index is -0.469. The molecule has 0 unspecified atom stereocenters. The number of ether oxygens (including phenoxy) is 1. The molecule has 0 aliphatic rings. The number of rotatable bonds is 3. The second kappa shape index (κ2) is 4.37. The van der Waals surface area contributed by atoms with E-state index >= 15 is 0 Å². The number of carbonyl (C=O) groups excluding carboxylic acids is 2. The predicted octanol–water partition coefficient (Wildman–Crippen LogP) is 2.62. The highest BCUT2D eigenvalue weighted by molar-refractivity contribution is 6.45. The Morgan fingerprint density at radius 3 is 2.53 bits per heavy atom. The second-order valence-electron chi connectivity index (χ2n) is 3.78. The summed E-state index contributed by atoms with van der Waals surface area (Å²) in [6.07, 6.45) is 0. The molecule has 0 aromatic heterocycles. The summed E-state index contributed by atoms with van der Waals surface area (Å²) < 4.78 is 5.12. The third kappa shape index (κ3) is 2.04. The summed E-state index contributed by atoms with van der Waals surface area (Å²) in [6.45, 7) is 1.28. The zero-order valence-electron chi connectivity index (χ0n) is 9.69. The van der Waals surface area contributed by atoms with Crippen molar-refractivity contribution in [3.05, 3.63) is 42.0 Å². The average molecular weight is 228 g/mol. The van der Waals surface area contributed by atoms with Crippen LogP contribution in [0.4, 0.5) is 0 Å². The predicted molar refractivity (Wildman–Crippen MR) is 65.5 cm³/mol. The van der Waals surface area contributed by atoms with E-state index in [1.165, 1.54) is 6.92 Å². The summed E-state index contributed by atoms with van der Waals surface area (Å²) in [5.41, 5.74) is 0.425. The molecule has 0 fully saturated rings. The van der Waals surface area contributed by atoms with E-state index in [-0.39, 0.29) is 0 Å². The Bertz CT molecular complexity index is 599. The van der Waals surface area contributed by atoms with Crippen LogP contribution < -0.4 is 4.74 Å². The molecule has 0 radical (unpaired) electrons. The van der Waals surface area contributed by atoms with Crippen LogP contribution in [0, 0.1) is 0 Å². The van der Waals surface area contributed by atoms with E-state index in [0.29, 0.717) is 11.3 Å². The fraction of sp³-hybridized carbons (Fsp3) is 0.143. The first kappa shape index (κ1) is 11.3. The van der Waals surface area contributed by atoms with Crippen LogP contribution in [0.15, 0.2) is 36.4 Å². The molecule has 0 spiro atoms. The molecule has 0 bridgehead atoms. The van der Waals surface area contributed by atoms with E-state index in [9.17, 15) is 9.59 Å². The second-order valence-corrected chi connectivity index (χ2v) is 3.78. The van der Waals surface area contributed by atoms with Gasteiger partial charge in [-0.3, -0.25) is 9.59 Å². The lowest BCUT2D eigenvalue weighted by molar-refractivity contribution is -0.113. The van der Waals surface area contributed by atoms with Crippen molar-refractivity contribution in [3.63, 3.8) is 0 Å². The van der Waals surface area contributed by atoms with Crippen molar-refractivity contribution in [2.75, 3.05) is 7.11 Å². The normalized spacial score (nSPS) is 10.2. The van der Waals surface area contributed by atoms with Gasteiger partial charge in [0.25, 0.3) is 0 Å². The van der Waals surface area contributed by atoms with Crippen LogP contribution in [0.5, 0.6) is 5.75 Å². The highest BCUT2D eigenvalue weighted by atomic mass is 16.5. The topological polar surface area (TPSA) is 43.4 Å². The van der Waals surface area contributed by atoms with Gasteiger partial charge < -0.3 is 4.74 Å². The van der Waals surface area contributed by atoms with Crippen molar-refractivity contribution >= 4 is 22.3 Å². The Labute approximate surface area is 99.0 Å². The summed E-state index contributed by atoms with van der Waals surface area (Å²) >= 11 is 0. The van der Waals surface area contributed by atoms with Crippen LogP contribution in [0.1, 0.15) is 17.3 Å². The van der Waals surface area contributed by atoms with E-state index < -0.39 is 11.6 Å². The van der Waals surface area contributed by atoms with Gasteiger partial charge in [-0.2, -0.15) is 0 Å². The van der Waals surface area contributed by atoms with Crippen molar-refractivity contribution in [2.24, 2.45) is 0 Å². The van der Waals surface area contributed by atoms with Gasteiger partial charge in [-0.25, -0.2) is 0 Å². The number of benzene rings is 2. The maximum absolute atomic E-state index is 11.8. The summed E-state index contributed by atoms with van der Waals surface area (Å²) in [5, 5.41) is 1.66. The first-order valence-electron chi connectivity index (χ1n) is 5.25. The molecule has 0 amide bonds. The van der Waals surface area contributed by atoms with Gasteiger partial charge in [0.15, 0.2) is 5.78 Å². The van der Waals surface area contributed by atoms with Gasteiger partial charge >= 0.3 is 0 Å². The van der Waals surface area contributed by atoms with Gasteiger partial charge in [0.05, 0.1) is 7.11 Å². The molecule has 2 aromatic carbocycles. The number of carbonyl (C=O) groups is 2. The minimum Gasteiger partial charge on any atom is -0.497 e. The number of hydrogen-bond donors (Lipinski definition) is 0. The van der Waals surface area contributed by atoms with Gasteiger partial charge in [0.2, 0.25) is 5.78 Å². The average Bonchev–Trinajstić information content (AvgIpc) is 2.36.